The highest BCUT2D eigenvalue weighted by Gasteiger charge is 2.28. The summed E-state index contributed by atoms with van der Waals surface area (Å²) < 4.78 is 2.11. The topological polar surface area (TPSA) is 41.4 Å². The summed E-state index contributed by atoms with van der Waals surface area (Å²) in [6.07, 6.45) is 4.57. The number of fused-ring (bicyclic) bond motifs is 1. The van der Waals surface area contributed by atoms with Gasteiger partial charge in [-0.2, -0.15) is 5.10 Å². The molecular formula is C16H28N4O. The monoisotopic (exact) mass is 292 g/mol. The van der Waals surface area contributed by atoms with Crippen LogP contribution in [0.25, 0.3) is 0 Å². The van der Waals surface area contributed by atoms with E-state index in [9.17, 15) is 4.79 Å². The maximum Gasteiger partial charge on any atom is 0.222 e. The molecule has 118 valence electrons. The van der Waals surface area contributed by atoms with Gasteiger partial charge >= 0.3 is 0 Å². The fraction of sp³-hybridized carbons (Fsp3) is 0.750. The molecule has 0 spiro atoms. The molecule has 0 saturated heterocycles. The minimum absolute atomic E-state index is 0.272. The van der Waals surface area contributed by atoms with Crippen molar-refractivity contribution in [3.8, 4) is 0 Å². The third kappa shape index (κ3) is 3.84. The van der Waals surface area contributed by atoms with Crippen LogP contribution in [0.3, 0.4) is 0 Å². The van der Waals surface area contributed by atoms with Crippen molar-refractivity contribution < 1.29 is 4.79 Å². The zero-order valence-corrected chi connectivity index (χ0v) is 13.6. The van der Waals surface area contributed by atoms with Gasteiger partial charge in [-0.05, 0) is 25.6 Å². The predicted octanol–water partition coefficient (Wildman–Crippen LogP) is 2.30. The summed E-state index contributed by atoms with van der Waals surface area (Å²) in [7, 11) is 0. The van der Waals surface area contributed by atoms with Crippen molar-refractivity contribution in [3.63, 3.8) is 0 Å². The van der Waals surface area contributed by atoms with Gasteiger partial charge < -0.3 is 9.80 Å². The minimum atomic E-state index is 0.272. The number of carbonyl (C=O) groups excluding carboxylic acids is 1. The van der Waals surface area contributed by atoms with Crippen LogP contribution >= 0.6 is 0 Å². The summed E-state index contributed by atoms with van der Waals surface area (Å²) in [6.45, 7) is 11.0. The number of unbranched alkanes of at least 4 members (excludes halogenated alkanes) is 1. The molecule has 5 heteroatoms. The van der Waals surface area contributed by atoms with E-state index >= 15 is 0 Å². The number of carbonyl (C=O) groups is 1. The van der Waals surface area contributed by atoms with Gasteiger partial charge in [0.15, 0.2) is 0 Å². The molecule has 2 heterocycles. The third-order valence-corrected chi connectivity index (χ3v) is 4.34. The first-order chi connectivity index (χ1) is 10.2. The molecule has 5 nitrogen and oxygen atoms in total. The highest BCUT2D eigenvalue weighted by atomic mass is 16.2. The Morgan fingerprint density at radius 2 is 2.14 bits per heavy atom. The SMILES string of the molecule is CCCCC(=O)N1Cc2ccnn2[C@H](CN(CC)CC)C1. The number of hydrogen-bond donors (Lipinski definition) is 0. The second kappa shape index (κ2) is 7.59. The summed E-state index contributed by atoms with van der Waals surface area (Å²) in [4.78, 5) is 16.8. The Kier molecular flexibility index (Phi) is 5.79. The van der Waals surface area contributed by atoms with Crippen molar-refractivity contribution in [2.45, 2.75) is 52.6 Å². The van der Waals surface area contributed by atoms with Gasteiger partial charge in [0.2, 0.25) is 5.91 Å². The number of rotatable bonds is 7. The second-order valence-electron chi connectivity index (χ2n) is 5.78. The molecule has 1 aromatic heterocycles. The number of aromatic nitrogens is 2. The van der Waals surface area contributed by atoms with E-state index in [-0.39, 0.29) is 11.9 Å². The summed E-state index contributed by atoms with van der Waals surface area (Å²) in [5.41, 5.74) is 1.16. The van der Waals surface area contributed by atoms with Crippen LogP contribution < -0.4 is 0 Å². The van der Waals surface area contributed by atoms with Crippen LogP contribution in [0, 0.1) is 0 Å². The first kappa shape index (κ1) is 16.0. The van der Waals surface area contributed by atoms with Gasteiger partial charge in [0.1, 0.15) is 0 Å². The van der Waals surface area contributed by atoms with Gasteiger partial charge in [0.25, 0.3) is 0 Å². The average molecular weight is 292 g/mol. The van der Waals surface area contributed by atoms with Crippen molar-refractivity contribution in [2.75, 3.05) is 26.2 Å². The molecule has 1 aliphatic rings. The van der Waals surface area contributed by atoms with Gasteiger partial charge in [0, 0.05) is 25.7 Å². The van der Waals surface area contributed by atoms with E-state index in [0.717, 1.165) is 44.7 Å². The zero-order valence-electron chi connectivity index (χ0n) is 13.6. The molecule has 0 fully saturated rings. The van der Waals surface area contributed by atoms with Crippen molar-refractivity contribution in [1.29, 1.82) is 0 Å². The quantitative estimate of drug-likeness (QED) is 0.774. The molecule has 0 aliphatic carbocycles. The lowest BCUT2D eigenvalue weighted by Gasteiger charge is -2.36. The lowest BCUT2D eigenvalue weighted by atomic mass is 10.1. The fourth-order valence-corrected chi connectivity index (χ4v) is 2.98. The van der Waals surface area contributed by atoms with Crippen molar-refractivity contribution in [2.24, 2.45) is 0 Å². The van der Waals surface area contributed by atoms with Crippen molar-refractivity contribution in [1.82, 2.24) is 19.6 Å². The molecule has 0 radical (unpaired) electrons. The van der Waals surface area contributed by atoms with E-state index in [1.807, 2.05) is 17.2 Å². The average Bonchev–Trinajstić information content (AvgIpc) is 2.98. The van der Waals surface area contributed by atoms with E-state index in [4.69, 9.17) is 0 Å². The highest BCUT2D eigenvalue weighted by Crippen LogP contribution is 2.22. The van der Waals surface area contributed by atoms with Crippen LogP contribution in [0.5, 0.6) is 0 Å². The lowest BCUT2D eigenvalue weighted by molar-refractivity contribution is -0.133. The number of likely N-dealkylation sites (N-methyl/N-ethyl adjacent to an activating group) is 1. The minimum Gasteiger partial charge on any atom is -0.335 e. The molecule has 21 heavy (non-hydrogen) atoms. The number of nitrogens with zero attached hydrogens (tertiary/aromatic N) is 4. The molecule has 0 N–H and O–H groups in total. The molecule has 1 amide bonds. The van der Waals surface area contributed by atoms with E-state index in [0.29, 0.717) is 13.0 Å². The predicted molar refractivity (Wildman–Crippen MR) is 84.0 cm³/mol. The maximum absolute atomic E-state index is 12.3. The fourth-order valence-electron chi connectivity index (χ4n) is 2.98. The van der Waals surface area contributed by atoms with Crippen LogP contribution in [0.4, 0.5) is 0 Å². The van der Waals surface area contributed by atoms with E-state index in [1.54, 1.807) is 0 Å². The molecule has 0 aromatic carbocycles. The summed E-state index contributed by atoms with van der Waals surface area (Å²) >= 11 is 0. The van der Waals surface area contributed by atoms with Gasteiger partial charge in [-0.3, -0.25) is 9.48 Å². The lowest BCUT2D eigenvalue weighted by Crippen LogP contribution is -2.45. The first-order valence-electron chi connectivity index (χ1n) is 8.22. The Morgan fingerprint density at radius 3 is 2.81 bits per heavy atom. The van der Waals surface area contributed by atoms with E-state index in [2.05, 4.69) is 35.5 Å². The Labute approximate surface area is 127 Å². The van der Waals surface area contributed by atoms with E-state index < -0.39 is 0 Å². The van der Waals surface area contributed by atoms with Gasteiger partial charge in [-0.15, -0.1) is 0 Å². The largest absolute Gasteiger partial charge is 0.335 e. The Bertz CT molecular complexity index is 453. The number of amides is 1. The summed E-state index contributed by atoms with van der Waals surface area (Å²) in [6, 6.07) is 2.31. The van der Waals surface area contributed by atoms with Crippen molar-refractivity contribution >= 4 is 5.91 Å². The first-order valence-corrected chi connectivity index (χ1v) is 8.22. The van der Waals surface area contributed by atoms with Gasteiger partial charge in [-0.1, -0.05) is 27.2 Å². The Hall–Kier alpha value is -1.36. The normalized spacial score (nSPS) is 18.1. The summed E-state index contributed by atoms with van der Waals surface area (Å²) in [5.74, 6) is 0.286. The molecule has 0 unspecified atom stereocenters. The summed E-state index contributed by atoms with van der Waals surface area (Å²) in [5, 5.41) is 4.47. The molecule has 0 bridgehead atoms. The molecule has 2 rings (SSSR count). The highest BCUT2D eigenvalue weighted by molar-refractivity contribution is 5.76. The number of hydrogen-bond acceptors (Lipinski definition) is 3. The van der Waals surface area contributed by atoms with Crippen LogP contribution in [0.15, 0.2) is 12.3 Å². The smallest absolute Gasteiger partial charge is 0.222 e. The maximum atomic E-state index is 12.3. The standard InChI is InChI=1S/C16H28N4O/c1-4-7-8-16(21)19-12-14-9-10-17-20(14)15(13-19)11-18(5-2)6-3/h9-10,15H,4-8,11-13H2,1-3H3/t15-/m1/s1. The van der Waals surface area contributed by atoms with Crippen LogP contribution in [0.1, 0.15) is 51.8 Å². The van der Waals surface area contributed by atoms with Crippen LogP contribution in [0.2, 0.25) is 0 Å². The van der Waals surface area contributed by atoms with Crippen LogP contribution in [-0.2, 0) is 11.3 Å². The van der Waals surface area contributed by atoms with Gasteiger partial charge in [0.05, 0.1) is 18.3 Å². The Morgan fingerprint density at radius 1 is 1.38 bits per heavy atom. The molecular weight excluding hydrogens is 264 g/mol. The van der Waals surface area contributed by atoms with E-state index in [1.165, 1.54) is 0 Å². The molecule has 1 aromatic rings. The van der Waals surface area contributed by atoms with Crippen molar-refractivity contribution in [3.05, 3.63) is 18.0 Å². The Balaban J connectivity index is 2.08. The zero-order chi connectivity index (χ0) is 15.2. The second-order valence-corrected chi connectivity index (χ2v) is 5.78. The third-order valence-electron chi connectivity index (χ3n) is 4.34. The molecule has 1 aliphatic heterocycles. The molecule has 0 saturated carbocycles. The van der Waals surface area contributed by atoms with Crippen LogP contribution in [-0.4, -0.2) is 51.7 Å². The molecule has 1 atom stereocenters. The van der Waals surface area contributed by atoms with Gasteiger partial charge in [-0.25, -0.2) is 0 Å².